The number of nitrogens with zero attached hydrogens (tertiary/aromatic N) is 2. The Kier molecular flexibility index (Phi) is 9.05. The Balaban J connectivity index is 1.30. The highest BCUT2D eigenvalue weighted by molar-refractivity contribution is 8.01. The average molecular weight is 515 g/mol. The van der Waals surface area contributed by atoms with E-state index in [9.17, 15) is 15.0 Å². The number of carboxylic acid groups (broad SMARTS) is 1. The SMILES string of the molecule is COc1ccc2nccc([C@@H](O)CC[C@@H]3CCN(CCCSc4sccc4C)C[C@@H]3C(=O)O)c2c1. The summed E-state index contributed by atoms with van der Waals surface area (Å²) in [7, 11) is 1.62. The number of thioether (sulfide) groups is 1. The summed E-state index contributed by atoms with van der Waals surface area (Å²) in [5, 5.41) is 23.9. The molecule has 1 fully saturated rings. The number of piperidine rings is 1. The molecular formula is C27H34N2O4S2. The van der Waals surface area contributed by atoms with Crippen LogP contribution in [0.3, 0.4) is 0 Å². The van der Waals surface area contributed by atoms with E-state index < -0.39 is 18.0 Å². The van der Waals surface area contributed by atoms with Crippen LogP contribution >= 0.6 is 23.1 Å². The number of fused-ring (bicyclic) bond motifs is 1. The molecule has 0 aliphatic carbocycles. The quantitative estimate of drug-likeness (QED) is 0.253. The van der Waals surface area contributed by atoms with Gasteiger partial charge in [0.1, 0.15) is 5.75 Å². The van der Waals surface area contributed by atoms with Gasteiger partial charge in [0, 0.05) is 23.9 Å². The van der Waals surface area contributed by atoms with E-state index in [4.69, 9.17) is 4.74 Å². The van der Waals surface area contributed by atoms with Gasteiger partial charge >= 0.3 is 5.97 Å². The van der Waals surface area contributed by atoms with Gasteiger partial charge in [-0.05, 0) is 98.5 Å². The summed E-state index contributed by atoms with van der Waals surface area (Å²) < 4.78 is 6.72. The van der Waals surface area contributed by atoms with E-state index in [2.05, 4.69) is 28.3 Å². The number of pyridine rings is 1. The second-order valence-corrected chi connectivity index (χ2v) is 11.5. The van der Waals surface area contributed by atoms with Gasteiger partial charge in [0.25, 0.3) is 0 Å². The molecule has 188 valence electrons. The van der Waals surface area contributed by atoms with E-state index >= 15 is 0 Å². The predicted octanol–water partition coefficient (Wildman–Crippen LogP) is 5.63. The number of rotatable bonds is 11. The van der Waals surface area contributed by atoms with Crippen molar-refractivity contribution in [3.63, 3.8) is 0 Å². The van der Waals surface area contributed by atoms with Crippen LogP contribution in [0.15, 0.2) is 46.1 Å². The van der Waals surface area contributed by atoms with Crippen LogP contribution < -0.4 is 4.74 Å². The Morgan fingerprint density at radius 1 is 1.34 bits per heavy atom. The van der Waals surface area contributed by atoms with Gasteiger partial charge in [-0.3, -0.25) is 9.78 Å². The molecule has 6 nitrogen and oxygen atoms in total. The molecule has 2 aromatic heterocycles. The molecule has 4 rings (SSSR count). The highest BCUT2D eigenvalue weighted by atomic mass is 32.2. The van der Waals surface area contributed by atoms with Crippen LogP contribution in [0.5, 0.6) is 5.75 Å². The minimum Gasteiger partial charge on any atom is -0.497 e. The van der Waals surface area contributed by atoms with Gasteiger partial charge in [0.05, 0.1) is 28.9 Å². The Morgan fingerprint density at radius 3 is 2.94 bits per heavy atom. The maximum Gasteiger partial charge on any atom is 0.308 e. The number of carboxylic acids is 1. The predicted molar refractivity (Wildman–Crippen MR) is 143 cm³/mol. The molecule has 0 unspecified atom stereocenters. The van der Waals surface area contributed by atoms with E-state index in [0.29, 0.717) is 19.4 Å². The third-order valence-corrected chi connectivity index (χ3v) is 9.50. The summed E-state index contributed by atoms with van der Waals surface area (Å²) in [6, 6.07) is 9.65. The topological polar surface area (TPSA) is 82.9 Å². The highest BCUT2D eigenvalue weighted by Crippen LogP contribution is 2.34. The molecule has 0 spiro atoms. The van der Waals surface area contributed by atoms with Gasteiger partial charge in [0.15, 0.2) is 0 Å². The molecule has 3 aromatic rings. The second-order valence-electron chi connectivity index (χ2n) is 9.26. The number of likely N-dealkylation sites (tertiary alicyclic amines) is 1. The number of aliphatic hydroxyl groups is 1. The molecule has 1 aromatic carbocycles. The lowest BCUT2D eigenvalue weighted by molar-refractivity contribution is -0.146. The Labute approximate surface area is 215 Å². The van der Waals surface area contributed by atoms with Gasteiger partial charge in [-0.2, -0.15) is 0 Å². The molecule has 3 heterocycles. The lowest BCUT2D eigenvalue weighted by Crippen LogP contribution is -2.44. The van der Waals surface area contributed by atoms with Crippen molar-refractivity contribution in [3.05, 3.63) is 53.0 Å². The van der Waals surface area contributed by atoms with Crippen molar-refractivity contribution in [2.75, 3.05) is 32.5 Å². The number of aryl methyl sites for hydroxylation is 1. The fourth-order valence-electron chi connectivity index (χ4n) is 4.95. The number of methoxy groups -OCH3 is 1. The van der Waals surface area contributed by atoms with Crippen molar-refractivity contribution >= 4 is 40.0 Å². The number of ether oxygens (including phenoxy) is 1. The Morgan fingerprint density at radius 2 is 2.20 bits per heavy atom. The standard InChI is InChI=1S/C27H34N2O4S2/c1-18-10-15-35-27(18)34-14-3-12-29-13-9-19(23(17-29)26(31)32)4-7-25(30)21-8-11-28-24-6-5-20(33-2)16-22(21)24/h5-6,8,10-11,15-16,19,23,25,30H,3-4,7,9,12-14,17H2,1-2H3,(H,31,32)/t19-,23+,25+/m1/s1. The zero-order chi connectivity index (χ0) is 24.8. The molecule has 2 N–H and O–H groups in total. The first-order valence-electron chi connectivity index (χ1n) is 12.2. The molecule has 0 amide bonds. The normalized spacial score (nSPS) is 19.6. The van der Waals surface area contributed by atoms with Crippen molar-refractivity contribution in [2.24, 2.45) is 11.8 Å². The van der Waals surface area contributed by atoms with Gasteiger partial charge in [-0.15, -0.1) is 23.1 Å². The maximum absolute atomic E-state index is 12.1. The minimum atomic E-state index is -0.725. The summed E-state index contributed by atoms with van der Waals surface area (Å²) in [6.07, 6.45) is 4.17. The van der Waals surface area contributed by atoms with Crippen LogP contribution in [-0.2, 0) is 4.79 Å². The first kappa shape index (κ1) is 25.9. The monoisotopic (exact) mass is 514 g/mol. The molecule has 0 bridgehead atoms. The number of hydrogen-bond acceptors (Lipinski definition) is 7. The first-order valence-corrected chi connectivity index (χ1v) is 14.1. The number of aromatic nitrogens is 1. The smallest absolute Gasteiger partial charge is 0.308 e. The summed E-state index contributed by atoms with van der Waals surface area (Å²) in [4.78, 5) is 18.8. The summed E-state index contributed by atoms with van der Waals surface area (Å²) >= 11 is 3.69. The van der Waals surface area contributed by atoms with E-state index in [1.54, 1.807) is 24.6 Å². The van der Waals surface area contributed by atoms with Crippen molar-refractivity contribution in [1.82, 2.24) is 9.88 Å². The molecule has 0 radical (unpaired) electrons. The summed E-state index contributed by atoms with van der Waals surface area (Å²) in [5.74, 6) is 0.732. The summed E-state index contributed by atoms with van der Waals surface area (Å²) in [5.41, 5.74) is 2.97. The molecule has 0 saturated carbocycles. The van der Waals surface area contributed by atoms with Crippen LogP contribution in [0, 0.1) is 18.8 Å². The lowest BCUT2D eigenvalue weighted by atomic mass is 9.81. The second kappa shape index (κ2) is 12.2. The van der Waals surface area contributed by atoms with Crippen molar-refractivity contribution < 1.29 is 19.7 Å². The number of thiophene rings is 1. The molecule has 1 saturated heterocycles. The van der Waals surface area contributed by atoms with Crippen molar-refractivity contribution in [2.45, 2.75) is 42.9 Å². The zero-order valence-electron chi connectivity index (χ0n) is 20.4. The summed E-state index contributed by atoms with van der Waals surface area (Å²) in [6.45, 7) is 4.59. The molecule has 3 atom stereocenters. The Bertz CT molecular complexity index is 1140. The van der Waals surface area contributed by atoms with Gasteiger partial charge in [0.2, 0.25) is 0 Å². The largest absolute Gasteiger partial charge is 0.497 e. The van der Waals surface area contributed by atoms with E-state index in [0.717, 1.165) is 53.9 Å². The number of carbonyl (C=O) groups is 1. The fourth-order valence-corrected chi connectivity index (χ4v) is 7.04. The van der Waals surface area contributed by atoms with Crippen LogP contribution in [-0.4, -0.2) is 58.6 Å². The van der Waals surface area contributed by atoms with Gasteiger partial charge in [-0.25, -0.2) is 0 Å². The Hall–Kier alpha value is -2.13. The van der Waals surface area contributed by atoms with E-state index in [1.807, 2.05) is 36.0 Å². The van der Waals surface area contributed by atoms with Gasteiger partial charge in [-0.1, -0.05) is 0 Å². The van der Waals surface area contributed by atoms with Gasteiger partial charge < -0.3 is 19.8 Å². The van der Waals surface area contributed by atoms with Crippen LogP contribution in [0.2, 0.25) is 0 Å². The first-order chi connectivity index (χ1) is 17.0. The van der Waals surface area contributed by atoms with Crippen LogP contribution in [0.1, 0.15) is 42.9 Å². The number of benzene rings is 1. The molecular weight excluding hydrogens is 480 g/mol. The number of hydrogen-bond donors (Lipinski definition) is 2. The maximum atomic E-state index is 12.1. The third-order valence-electron chi connectivity index (χ3n) is 6.98. The third kappa shape index (κ3) is 6.55. The minimum absolute atomic E-state index is 0.0733. The highest BCUT2D eigenvalue weighted by Gasteiger charge is 2.34. The van der Waals surface area contributed by atoms with Crippen LogP contribution in [0.4, 0.5) is 0 Å². The average Bonchev–Trinajstić information content (AvgIpc) is 3.29. The fraction of sp³-hybridized carbons (Fsp3) is 0.481. The lowest BCUT2D eigenvalue weighted by Gasteiger charge is -2.37. The van der Waals surface area contributed by atoms with Crippen LogP contribution in [0.25, 0.3) is 10.9 Å². The van der Waals surface area contributed by atoms with Crippen molar-refractivity contribution in [3.8, 4) is 5.75 Å². The molecule has 1 aliphatic rings. The van der Waals surface area contributed by atoms with Crippen molar-refractivity contribution in [1.29, 1.82) is 0 Å². The number of aliphatic carboxylic acids is 1. The zero-order valence-corrected chi connectivity index (χ0v) is 22.0. The molecule has 1 aliphatic heterocycles. The number of aliphatic hydroxyl groups excluding tert-OH is 1. The van der Waals surface area contributed by atoms with E-state index in [-0.39, 0.29) is 5.92 Å². The molecule has 8 heteroatoms. The van der Waals surface area contributed by atoms with E-state index in [1.165, 1.54) is 9.77 Å². The molecule has 35 heavy (non-hydrogen) atoms.